The number of hydrogen-bond acceptors (Lipinski definition) is 2. The summed E-state index contributed by atoms with van der Waals surface area (Å²) in [5, 5.41) is 0. The van der Waals surface area contributed by atoms with Gasteiger partial charge in [-0.15, -0.1) is 6.00 Å². The lowest BCUT2D eigenvalue weighted by atomic mass is 10.4. The minimum absolute atomic E-state index is 0. The quantitative estimate of drug-likeness (QED) is 0.383. The summed E-state index contributed by atoms with van der Waals surface area (Å²) in [5.41, 5.74) is 0. The van der Waals surface area contributed by atoms with Gasteiger partial charge in [0, 0.05) is 6.08 Å². The minimum Gasteiger partial charge on any atom is -0.501 e. The van der Waals surface area contributed by atoms with Crippen molar-refractivity contribution in [1.82, 2.24) is 0 Å². The van der Waals surface area contributed by atoms with Crippen LogP contribution in [0, 0.1) is 6.00 Å². The fourth-order valence-corrected chi connectivity index (χ4v) is 0.601. The van der Waals surface area contributed by atoms with E-state index in [9.17, 15) is 0 Å². The maximum absolute atomic E-state index is 5.12. The standard InChI is InChI=1S/C7H10O2Si.2CH4/c1-6(8-3)5-7(2)9-10-4;;/h4-5H,2H2,1,3H3;2*1H4/b6-5+;;. The van der Waals surface area contributed by atoms with E-state index in [0.717, 1.165) is 5.76 Å². The maximum atomic E-state index is 5.12. The molecule has 0 aromatic heterocycles. The highest BCUT2D eigenvalue weighted by atomic mass is 28.2. The zero-order valence-electron chi connectivity index (χ0n) is 6.18. The molecule has 3 heteroatoms. The smallest absolute Gasteiger partial charge is 0.245 e. The number of methoxy groups -OCH3 is 1. The average Bonchev–Trinajstić information content (AvgIpc) is 1.88. The molecule has 0 aliphatic carbocycles. The van der Waals surface area contributed by atoms with E-state index in [4.69, 9.17) is 15.2 Å². The summed E-state index contributed by atoms with van der Waals surface area (Å²) >= 11 is 0. The van der Waals surface area contributed by atoms with Gasteiger partial charge < -0.3 is 9.16 Å². The molecule has 0 saturated carbocycles. The lowest BCUT2D eigenvalue weighted by Gasteiger charge is -1.99. The molecule has 0 N–H and O–H groups in total. The molecule has 0 aliphatic rings. The van der Waals surface area contributed by atoms with Crippen molar-refractivity contribution in [3.05, 3.63) is 24.2 Å². The van der Waals surface area contributed by atoms with Crippen LogP contribution in [0.2, 0.25) is 0 Å². The topological polar surface area (TPSA) is 18.5 Å². The second-order valence-corrected chi connectivity index (χ2v) is 2.09. The lowest BCUT2D eigenvalue weighted by Crippen LogP contribution is -1.86. The molecule has 0 aromatic rings. The second kappa shape index (κ2) is 10.1. The number of rotatable bonds is 3. The van der Waals surface area contributed by atoms with E-state index in [1.165, 1.54) is 0 Å². The van der Waals surface area contributed by atoms with Gasteiger partial charge in [0.1, 0.15) is 5.76 Å². The largest absolute Gasteiger partial charge is 0.501 e. The molecular weight excluding hydrogens is 168 g/mol. The monoisotopic (exact) mass is 186 g/mol. The fourth-order valence-electron chi connectivity index (χ4n) is 0.391. The van der Waals surface area contributed by atoms with Crippen molar-refractivity contribution in [2.24, 2.45) is 0 Å². The van der Waals surface area contributed by atoms with Gasteiger partial charge in [-0.1, -0.05) is 21.4 Å². The van der Waals surface area contributed by atoms with Crippen LogP contribution >= 0.6 is 0 Å². The molecular formula is C9H18O2Si. The Morgan fingerprint density at radius 1 is 1.50 bits per heavy atom. The van der Waals surface area contributed by atoms with Crippen LogP contribution in [0.1, 0.15) is 21.8 Å². The Balaban J connectivity index is -0.000000405. The molecule has 70 valence electrons. The summed E-state index contributed by atoms with van der Waals surface area (Å²) in [7, 11) is 1.53. The van der Waals surface area contributed by atoms with Gasteiger partial charge in [0.25, 0.3) is 0 Å². The van der Waals surface area contributed by atoms with Gasteiger partial charge in [-0.25, -0.2) is 0 Å². The van der Waals surface area contributed by atoms with Crippen LogP contribution in [0.3, 0.4) is 0 Å². The van der Waals surface area contributed by atoms with Gasteiger partial charge in [-0.05, 0) is 6.92 Å². The molecule has 0 atom stereocenters. The summed E-state index contributed by atoms with van der Waals surface area (Å²) in [4.78, 5) is 0. The van der Waals surface area contributed by atoms with Crippen LogP contribution in [-0.2, 0) is 9.16 Å². The zero-order chi connectivity index (χ0) is 7.98. The van der Waals surface area contributed by atoms with Crippen molar-refractivity contribution in [3.63, 3.8) is 0 Å². The van der Waals surface area contributed by atoms with E-state index >= 15 is 0 Å². The summed E-state index contributed by atoms with van der Waals surface area (Å²) in [6.45, 7) is 5.39. The summed E-state index contributed by atoms with van der Waals surface area (Å²) in [6.07, 6.45) is 1.68. The zero-order valence-corrected chi connectivity index (χ0v) is 7.18. The molecule has 0 saturated heterocycles. The van der Waals surface area contributed by atoms with E-state index < -0.39 is 0 Å². The Labute approximate surface area is 78.1 Å². The number of hydrogen-bond donors (Lipinski definition) is 0. The molecule has 0 unspecified atom stereocenters. The summed E-state index contributed by atoms with van der Waals surface area (Å²) in [6, 6.07) is 5.12. The molecule has 0 rings (SSSR count). The number of ether oxygens (including phenoxy) is 1. The van der Waals surface area contributed by atoms with Crippen LogP contribution in [-0.4, -0.2) is 16.3 Å². The molecule has 0 bridgehead atoms. The van der Waals surface area contributed by atoms with Crippen LogP contribution < -0.4 is 0 Å². The highest BCUT2D eigenvalue weighted by Gasteiger charge is 1.87. The number of allylic oxidation sites excluding steroid dienone is 2. The van der Waals surface area contributed by atoms with Crippen molar-refractivity contribution >= 4 is 9.20 Å². The highest BCUT2D eigenvalue weighted by molar-refractivity contribution is 6.12. The van der Waals surface area contributed by atoms with Crippen LogP contribution in [0.4, 0.5) is 0 Å². The van der Waals surface area contributed by atoms with E-state index in [0.29, 0.717) is 5.76 Å². The van der Waals surface area contributed by atoms with E-state index in [-0.39, 0.29) is 24.1 Å². The molecule has 0 radical (unpaired) electrons. The molecule has 0 aliphatic heterocycles. The molecule has 0 aromatic carbocycles. The lowest BCUT2D eigenvalue weighted by molar-refractivity contribution is 0.291. The van der Waals surface area contributed by atoms with Crippen LogP contribution in [0.5, 0.6) is 0 Å². The summed E-state index contributed by atoms with van der Waals surface area (Å²) in [5.74, 6) is 1.28. The van der Waals surface area contributed by atoms with Gasteiger partial charge in [-0.2, -0.15) is 0 Å². The van der Waals surface area contributed by atoms with Crippen molar-refractivity contribution in [2.45, 2.75) is 21.8 Å². The summed E-state index contributed by atoms with van der Waals surface area (Å²) < 4.78 is 9.72. The predicted octanol–water partition coefficient (Wildman–Crippen LogP) is 2.55. The third-order valence-electron chi connectivity index (χ3n) is 0.876. The van der Waals surface area contributed by atoms with E-state index in [2.05, 4.69) is 6.58 Å². The molecule has 0 heterocycles. The van der Waals surface area contributed by atoms with Gasteiger partial charge in [-0.3, -0.25) is 0 Å². The highest BCUT2D eigenvalue weighted by Crippen LogP contribution is 1.99. The van der Waals surface area contributed by atoms with Crippen molar-refractivity contribution < 1.29 is 9.16 Å². The van der Waals surface area contributed by atoms with Crippen molar-refractivity contribution in [3.8, 4) is 6.00 Å². The molecule has 0 fully saturated rings. The van der Waals surface area contributed by atoms with Crippen molar-refractivity contribution in [2.75, 3.05) is 7.11 Å². The maximum Gasteiger partial charge on any atom is 0.245 e. The van der Waals surface area contributed by atoms with Gasteiger partial charge in [0.15, 0.2) is 0 Å². The van der Waals surface area contributed by atoms with Crippen molar-refractivity contribution in [1.29, 1.82) is 0 Å². The van der Waals surface area contributed by atoms with Gasteiger partial charge in [0.2, 0.25) is 9.20 Å². The Morgan fingerprint density at radius 2 is 2.00 bits per heavy atom. The molecule has 0 amide bonds. The second-order valence-electron chi connectivity index (χ2n) is 1.65. The Bertz CT molecular complexity index is 189. The first-order valence-electron chi connectivity index (χ1n) is 2.74. The van der Waals surface area contributed by atoms with Crippen LogP contribution in [0.25, 0.3) is 0 Å². The average molecular weight is 186 g/mol. The third kappa shape index (κ3) is 9.08. The third-order valence-corrected chi connectivity index (χ3v) is 1.26. The predicted molar refractivity (Wildman–Crippen MR) is 55.2 cm³/mol. The van der Waals surface area contributed by atoms with E-state index in [1.807, 2.05) is 6.92 Å². The molecule has 2 nitrogen and oxygen atoms in total. The first-order valence-corrected chi connectivity index (χ1v) is 3.73. The first kappa shape index (κ1) is 17.2. The first-order chi connectivity index (χ1) is 4.70. The Morgan fingerprint density at radius 3 is 2.33 bits per heavy atom. The van der Waals surface area contributed by atoms with Gasteiger partial charge in [0.05, 0.1) is 12.9 Å². The Kier molecular flexibility index (Phi) is 14.5. The molecule has 12 heavy (non-hydrogen) atoms. The Hall–Kier alpha value is -0.923. The minimum atomic E-state index is -0.0606. The van der Waals surface area contributed by atoms with Crippen LogP contribution in [0.15, 0.2) is 24.2 Å². The van der Waals surface area contributed by atoms with E-state index in [1.54, 1.807) is 13.2 Å². The van der Waals surface area contributed by atoms with Gasteiger partial charge >= 0.3 is 0 Å². The normalized spacial score (nSPS) is 8.25. The SMILES string of the molecule is C.C.C#[Si]OC(=C)/C=C(\C)OC. The molecule has 0 spiro atoms. The fraction of sp³-hybridized carbons (Fsp3) is 0.444.